The maximum absolute atomic E-state index is 12.4. The molecule has 5 heteroatoms. The first-order chi connectivity index (χ1) is 9.61. The zero-order chi connectivity index (χ0) is 14.5. The number of nitrogens with zero attached hydrogens (tertiary/aromatic N) is 1. The van der Waals surface area contributed by atoms with Gasteiger partial charge in [0.1, 0.15) is 5.75 Å². The highest BCUT2D eigenvalue weighted by atomic mass is 79.9. The van der Waals surface area contributed by atoms with Crippen molar-refractivity contribution in [2.24, 2.45) is 11.7 Å². The number of nitrogens with two attached hydrogens (primary N) is 1. The highest BCUT2D eigenvalue weighted by Crippen LogP contribution is 2.25. The summed E-state index contributed by atoms with van der Waals surface area (Å²) in [6, 6.07) is 7.57. The minimum atomic E-state index is -0.469. The number of likely N-dealkylation sites (tertiary alicyclic amines) is 1. The summed E-state index contributed by atoms with van der Waals surface area (Å²) in [7, 11) is 0. The summed E-state index contributed by atoms with van der Waals surface area (Å²) in [5.74, 6) is 1.31. The quantitative estimate of drug-likeness (QED) is 0.915. The molecule has 1 heterocycles. The first-order valence-electron chi connectivity index (χ1n) is 7.02. The Bertz CT molecular complexity index is 459. The van der Waals surface area contributed by atoms with Gasteiger partial charge >= 0.3 is 0 Å². The molecule has 4 nitrogen and oxygen atoms in total. The van der Waals surface area contributed by atoms with Crippen molar-refractivity contribution >= 4 is 21.8 Å². The number of carbonyl (C=O) groups excluding carboxylic acids is 1. The van der Waals surface area contributed by atoms with Crippen LogP contribution in [0.3, 0.4) is 0 Å². The van der Waals surface area contributed by atoms with Crippen LogP contribution in [0.15, 0.2) is 28.7 Å². The molecule has 1 aromatic rings. The lowest BCUT2D eigenvalue weighted by Crippen LogP contribution is -2.45. The molecule has 1 fully saturated rings. The Morgan fingerprint density at radius 1 is 1.45 bits per heavy atom. The van der Waals surface area contributed by atoms with Crippen LogP contribution in [0.4, 0.5) is 0 Å². The topological polar surface area (TPSA) is 55.6 Å². The Morgan fingerprint density at radius 2 is 2.10 bits per heavy atom. The van der Waals surface area contributed by atoms with Crippen molar-refractivity contribution in [3.63, 3.8) is 0 Å². The Kier molecular flexibility index (Phi) is 5.43. The van der Waals surface area contributed by atoms with Crippen LogP contribution in [0.2, 0.25) is 0 Å². The van der Waals surface area contributed by atoms with E-state index in [0.717, 1.165) is 30.4 Å². The maximum atomic E-state index is 12.4. The Morgan fingerprint density at radius 3 is 2.70 bits per heavy atom. The van der Waals surface area contributed by atoms with E-state index in [9.17, 15) is 4.79 Å². The largest absolute Gasteiger partial charge is 0.480 e. The molecule has 0 bridgehead atoms. The highest BCUT2D eigenvalue weighted by molar-refractivity contribution is 9.10. The lowest BCUT2D eigenvalue weighted by molar-refractivity contribution is -0.139. The van der Waals surface area contributed by atoms with Gasteiger partial charge in [-0.05, 0) is 60.3 Å². The van der Waals surface area contributed by atoms with E-state index in [4.69, 9.17) is 10.5 Å². The third kappa shape index (κ3) is 3.73. The molecular weight excluding hydrogens is 320 g/mol. The predicted molar refractivity (Wildman–Crippen MR) is 82.6 cm³/mol. The molecule has 1 atom stereocenters. The molecule has 0 saturated carbocycles. The van der Waals surface area contributed by atoms with E-state index in [1.54, 1.807) is 6.92 Å². The number of hydrogen-bond donors (Lipinski definition) is 1. The molecule has 1 amide bonds. The van der Waals surface area contributed by atoms with Gasteiger partial charge < -0.3 is 15.4 Å². The third-order valence-electron chi connectivity index (χ3n) is 3.75. The van der Waals surface area contributed by atoms with Gasteiger partial charge in [0.2, 0.25) is 0 Å². The van der Waals surface area contributed by atoms with Crippen LogP contribution in [-0.4, -0.2) is 36.5 Å². The SMILES string of the molecule is C[C@@H](Oc1ccccc1Br)C(=O)N1CCC(CN)CC1. The lowest BCUT2D eigenvalue weighted by atomic mass is 9.97. The summed E-state index contributed by atoms with van der Waals surface area (Å²) >= 11 is 3.42. The number of carbonyl (C=O) groups is 1. The van der Waals surface area contributed by atoms with Crippen molar-refractivity contribution in [3.8, 4) is 5.75 Å². The molecule has 20 heavy (non-hydrogen) atoms. The van der Waals surface area contributed by atoms with Gasteiger partial charge in [-0.1, -0.05) is 12.1 Å². The fraction of sp³-hybridized carbons (Fsp3) is 0.533. The minimum absolute atomic E-state index is 0.0521. The molecule has 1 aromatic carbocycles. The standard InChI is InChI=1S/C15H21BrN2O2/c1-11(20-14-5-3-2-4-13(14)16)15(19)18-8-6-12(10-17)7-9-18/h2-5,11-12H,6-10,17H2,1H3/t11-/m1/s1. The minimum Gasteiger partial charge on any atom is -0.480 e. The van der Waals surface area contributed by atoms with Gasteiger partial charge in [0.25, 0.3) is 5.91 Å². The van der Waals surface area contributed by atoms with E-state index in [-0.39, 0.29) is 5.91 Å². The van der Waals surface area contributed by atoms with Gasteiger partial charge in [-0.25, -0.2) is 0 Å². The van der Waals surface area contributed by atoms with Crippen LogP contribution in [0.25, 0.3) is 0 Å². The second kappa shape index (κ2) is 7.09. The highest BCUT2D eigenvalue weighted by Gasteiger charge is 2.26. The number of hydrogen-bond acceptors (Lipinski definition) is 3. The lowest BCUT2D eigenvalue weighted by Gasteiger charge is -2.33. The second-order valence-electron chi connectivity index (χ2n) is 5.19. The average Bonchev–Trinajstić information content (AvgIpc) is 2.49. The van der Waals surface area contributed by atoms with Gasteiger partial charge in [0.15, 0.2) is 6.10 Å². The predicted octanol–water partition coefficient (Wildman–Crippen LogP) is 2.41. The molecule has 1 saturated heterocycles. The van der Waals surface area contributed by atoms with E-state index in [1.165, 1.54) is 0 Å². The molecule has 1 aliphatic heterocycles. The number of amides is 1. The van der Waals surface area contributed by atoms with E-state index in [0.29, 0.717) is 18.2 Å². The monoisotopic (exact) mass is 340 g/mol. The molecule has 0 aromatic heterocycles. The molecule has 0 aliphatic carbocycles. The van der Waals surface area contributed by atoms with Crippen molar-refractivity contribution < 1.29 is 9.53 Å². The fourth-order valence-electron chi connectivity index (χ4n) is 2.43. The van der Waals surface area contributed by atoms with Crippen molar-refractivity contribution in [3.05, 3.63) is 28.7 Å². The number of piperidine rings is 1. The van der Waals surface area contributed by atoms with Gasteiger partial charge in [-0.3, -0.25) is 4.79 Å². The Balaban J connectivity index is 1.91. The molecule has 0 radical (unpaired) electrons. The van der Waals surface area contributed by atoms with Gasteiger partial charge in [0, 0.05) is 13.1 Å². The fourth-order valence-corrected chi connectivity index (χ4v) is 2.81. The zero-order valence-electron chi connectivity index (χ0n) is 11.7. The molecule has 110 valence electrons. The van der Waals surface area contributed by atoms with Crippen LogP contribution >= 0.6 is 15.9 Å². The summed E-state index contributed by atoms with van der Waals surface area (Å²) in [4.78, 5) is 14.2. The first kappa shape index (κ1) is 15.3. The van der Waals surface area contributed by atoms with Crippen molar-refractivity contribution in [1.82, 2.24) is 4.90 Å². The van der Waals surface area contributed by atoms with E-state index in [1.807, 2.05) is 29.2 Å². The smallest absolute Gasteiger partial charge is 0.263 e. The summed E-state index contributed by atoms with van der Waals surface area (Å²) in [6.07, 6.45) is 1.51. The van der Waals surface area contributed by atoms with Crippen molar-refractivity contribution in [2.45, 2.75) is 25.9 Å². The third-order valence-corrected chi connectivity index (χ3v) is 4.40. The average molecular weight is 341 g/mol. The summed E-state index contributed by atoms with van der Waals surface area (Å²) in [6.45, 7) is 4.08. The van der Waals surface area contributed by atoms with Crippen LogP contribution in [0.1, 0.15) is 19.8 Å². The van der Waals surface area contributed by atoms with Crippen LogP contribution in [0.5, 0.6) is 5.75 Å². The molecule has 2 rings (SSSR count). The van der Waals surface area contributed by atoms with Crippen LogP contribution in [-0.2, 0) is 4.79 Å². The van der Waals surface area contributed by atoms with Crippen molar-refractivity contribution in [2.75, 3.05) is 19.6 Å². The number of rotatable bonds is 4. The maximum Gasteiger partial charge on any atom is 0.263 e. The number of ether oxygens (including phenoxy) is 1. The molecule has 0 unspecified atom stereocenters. The van der Waals surface area contributed by atoms with Gasteiger partial charge in [-0.2, -0.15) is 0 Å². The number of benzene rings is 1. The first-order valence-corrected chi connectivity index (χ1v) is 7.81. The second-order valence-corrected chi connectivity index (χ2v) is 6.05. The van der Waals surface area contributed by atoms with Crippen molar-refractivity contribution in [1.29, 1.82) is 0 Å². The van der Waals surface area contributed by atoms with Gasteiger partial charge in [0.05, 0.1) is 4.47 Å². The molecule has 0 spiro atoms. The Labute approximate surface area is 128 Å². The number of para-hydroxylation sites is 1. The Hall–Kier alpha value is -1.07. The van der Waals surface area contributed by atoms with Crippen LogP contribution < -0.4 is 10.5 Å². The normalized spacial score (nSPS) is 17.9. The molecule has 1 aliphatic rings. The van der Waals surface area contributed by atoms with Crippen LogP contribution in [0, 0.1) is 5.92 Å². The molecular formula is C15H21BrN2O2. The summed E-state index contributed by atoms with van der Waals surface area (Å²) in [5, 5.41) is 0. The zero-order valence-corrected chi connectivity index (χ0v) is 13.3. The van der Waals surface area contributed by atoms with Gasteiger partial charge in [-0.15, -0.1) is 0 Å². The summed E-state index contributed by atoms with van der Waals surface area (Å²) in [5.41, 5.74) is 5.67. The summed E-state index contributed by atoms with van der Waals surface area (Å²) < 4.78 is 6.61. The number of halogens is 1. The van der Waals surface area contributed by atoms with E-state index in [2.05, 4.69) is 15.9 Å². The molecule has 2 N–H and O–H groups in total. The van der Waals surface area contributed by atoms with E-state index >= 15 is 0 Å². The van der Waals surface area contributed by atoms with E-state index < -0.39 is 6.10 Å².